The fraction of sp³-hybridized carbons (Fsp3) is 0.625. The average Bonchev–Trinajstić information content (AvgIpc) is 2.71. The van der Waals surface area contributed by atoms with Crippen molar-refractivity contribution >= 4 is 23.2 Å². The number of carbonyl (C=O) groups excluding carboxylic acids is 1. The molecule has 1 aliphatic carbocycles. The van der Waals surface area contributed by atoms with Crippen LogP contribution in [0.2, 0.25) is 0 Å². The molecule has 5 heteroatoms. The molecule has 0 saturated heterocycles. The Morgan fingerprint density at radius 2 is 1.90 bits per heavy atom. The molecule has 116 valence electrons. The van der Waals surface area contributed by atoms with E-state index >= 15 is 0 Å². The van der Waals surface area contributed by atoms with Crippen LogP contribution in [0.5, 0.6) is 0 Å². The summed E-state index contributed by atoms with van der Waals surface area (Å²) in [5, 5.41) is 12.4. The number of carboxylic acids is 1. The minimum atomic E-state index is -0.855. The molecule has 0 unspecified atom stereocenters. The quantitative estimate of drug-likeness (QED) is 0.818. The van der Waals surface area contributed by atoms with Gasteiger partial charge in [0, 0.05) is 16.2 Å². The number of nitrogens with one attached hydrogen (secondary N) is 1. The first-order valence-electron chi connectivity index (χ1n) is 7.57. The first kappa shape index (κ1) is 16.0. The number of aryl methyl sites for hydroxylation is 1. The number of aliphatic carboxylic acids is 1. The Kier molecular flexibility index (Phi) is 5.39. The van der Waals surface area contributed by atoms with Crippen molar-refractivity contribution in [2.75, 3.05) is 0 Å². The maximum Gasteiger partial charge on any atom is 0.310 e. The van der Waals surface area contributed by atoms with Crippen LogP contribution in [-0.4, -0.2) is 17.0 Å². The number of carboxylic acid groups (broad SMARTS) is 1. The summed E-state index contributed by atoms with van der Waals surface area (Å²) in [5.41, 5.74) is -0.855. The zero-order valence-corrected chi connectivity index (χ0v) is 13.3. The van der Waals surface area contributed by atoms with Crippen LogP contribution in [0.3, 0.4) is 0 Å². The fourth-order valence-corrected chi connectivity index (χ4v) is 3.84. The number of hydrogen-bond acceptors (Lipinski definition) is 3. The van der Waals surface area contributed by atoms with Gasteiger partial charge in [0.25, 0.3) is 0 Å². The largest absolute Gasteiger partial charge is 0.481 e. The molecule has 4 nitrogen and oxygen atoms in total. The molecule has 0 aromatic carbocycles. The van der Waals surface area contributed by atoms with Gasteiger partial charge in [-0.05, 0) is 31.9 Å². The summed E-state index contributed by atoms with van der Waals surface area (Å²) in [7, 11) is 0. The second-order valence-corrected chi connectivity index (χ2v) is 7.34. The third kappa shape index (κ3) is 4.30. The summed E-state index contributed by atoms with van der Waals surface area (Å²) in [6.45, 7) is 2.52. The van der Waals surface area contributed by atoms with E-state index in [9.17, 15) is 14.7 Å². The van der Waals surface area contributed by atoms with E-state index in [0.29, 0.717) is 19.4 Å². The smallest absolute Gasteiger partial charge is 0.310 e. The zero-order valence-electron chi connectivity index (χ0n) is 12.5. The molecule has 0 bridgehead atoms. The van der Waals surface area contributed by atoms with Gasteiger partial charge >= 0.3 is 5.97 Å². The van der Waals surface area contributed by atoms with E-state index in [2.05, 4.69) is 5.32 Å². The van der Waals surface area contributed by atoms with Gasteiger partial charge in [0.05, 0.1) is 12.0 Å². The third-order valence-corrected chi connectivity index (χ3v) is 5.27. The van der Waals surface area contributed by atoms with Gasteiger partial charge in [-0.2, -0.15) is 0 Å². The molecule has 0 radical (unpaired) electrons. The van der Waals surface area contributed by atoms with Crippen molar-refractivity contribution in [2.45, 2.75) is 58.4 Å². The van der Waals surface area contributed by atoms with Crippen molar-refractivity contribution in [2.24, 2.45) is 5.41 Å². The first-order chi connectivity index (χ1) is 10.0. The topological polar surface area (TPSA) is 66.4 Å². The highest BCUT2D eigenvalue weighted by Gasteiger charge is 2.40. The zero-order chi connectivity index (χ0) is 15.3. The molecule has 1 saturated carbocycles. The lowest BCUT2D eigenvalue weighted by molar-refractivity contribution is -0.152. The van der Waals surface area contributed by atoms with Gasteiger partial charge in [0.2, 0.25) is 5.91 Å². The van der Waals surface area contributed by atoms with Crippen LogP contribution in [0.4, 0.5) is 0 Å². The Morgan fingerprint density at radius 3 is 2.43 bits per heavy atom. The molecule has 21 heavy (non-hydrogen) atoms. The highest BCUT2D eigenvalue weighted by atomic mass is 32.1. The standard InChI is InChI=1S/C16H23NO3S/c1-12-6-7-13(21-12)11-17-14(18)10-16(15(19)20)8-4-2-3-5-9-16/h6-7H,2-5,8-11H2,1H3,(H,17,18)(H,19,20). The lowest BCUT2D eigenvalue weighted by Crippen LogP contribution is -2.37. The summed E-state index contributed by atoms with van der Waals surface area (Å²) >= 11 is 1.65. The molecule has 1 aromatic rings. The molecule has 0 aliphatic heterocycles. The maximum atomic E-state index is 12.1. The summed E-state index contributed by atoms with van der Waals surface area (Å²) in [5.74, 6) is -0.961. The predicted octanol–water partition coefficient (Wildman–Crippen LogP) is 3.49. The van der Waals surface area contributed by atoms with Gasteiger partial charge < -0.3 is 10.4 Å². The van der Waals surface area contributed by atoms with Gasteiger partial charge in [-0.25, -0.2) is 0 Å². The number of rotatable bonds is 5. The summed E-state index contributed by atoms with van der Waals surface area (Å²) in [4.78, 5) is 26.1. The van der Waals surface area contributed by atoms with E-state index in [1.165, 1.54) is 4.88 Å². The minimum absolute atomic E-state index is 0.104. The van der Waals surface area contributed by atoms with Crippen LogP contribution in [0.1, 0.15) is 54.7 Å². The van der Waals surface area contributed by atoms with E-state index in [1.807, 2.05) is 19.1 Å². The number of hydrogen-bond donors (Lipinski definition) is 2. The first-order valence-corrected chi connectivity index (χ1v) is 8.39. The third-order valence-electron chi connectivity index (χ3n) is 4.27. The van der Waals surface area contributed by atoms with Crippen molar-refractivity contribution < 1.29 is 14.7 Å². The lowest BCUT2D eigenvalue weighted by atomic mass is 9.77. The molecule has 1 aromatic heterocycles. The van der Waals surface area contributed by atoms with Crippen LogP contribution in [0.15, 0.2) is 12.1 Å². The number of carbonyl (C=O) groups is 2. The van der Waals surface area contributed by atoms with E-state index < -0.39 is 11.4 Å². The molecule has 1 aliphatic rings. The minimum Gasteiger partial charge on any atom is -0.481 e. The van der Waals surface area contributed by atoms with E-state index in [4.69, 9.17) is 0 Å². The Hall–Kier alpha value is -1.36. The van der Waals surface area contributed by atoms with Crippen molar-refractivity contribution in [3.05, 3.63) is 21.9 Å². The SMILES string of the molecule is Cc1ccc(CNC(=O)CC2(C(=O)O)CCCCCC2)s1. The monoisotopic (exact) mass is 309 g/mol. The highest BCUT2D eigenvalue weighted by Crippen LogP contribution is 2.38. The van der Waals surface area contributed by atoms with Gasteiger partial charge in [-0.3, -0.25) is 9.59 Å². The number of thiophene rings is 1. The Morgan fingerprint density at radius 1 is 1.24 bits per heavy atom. The number of amides is 1. The molecule has 1 heterocycles. The molecule has 0 atom stereocenters. The average molecular weight is 309 g/mol. The molecular weight excluding hydrogens is 286 g/mol. The Balaban J connectivity index is 1.93. The molecule has 0 spiro atoms. The van der Waals surface area contributed by atoms with Crippen LogP contribution in [-0.2, 0) is 16.1 Å². The van der Waals surface area contributed by atoms with Crippen LogP contribution < -0.4 is 5.32 Å². The van der Waals surface area contributed by atoms with Crippen molar-refractivity contribution in [1.29, 1.82) is 0 Å². The Bertz CT molecular complexity index is 501. The summed E-state index contributed by atoms with van der Waals surface area (Å²) < 4.78 is 0. The van der Waals surface area contributed by atoms with Crippen molar-refractivity contribution in [3.63, 3.8) is 0 Å². The fourth-order valence-electron chi connectivity index (χ4n) is 3.01. The van der Waals surface area contributed by atoms with Gasteiger partial charge in [-0.1, -0.05) is 25.7 Å². The molecule has 1 fully saturated rings. The van der Waals surface area contributed by atoms with Crippen LogP contribution in [0.25, 0.3) is 0 Å². The second kappa shape index (κ2) is 7.07. The molecular formula is C16H23NO3S. The van der Waals surface area contributed by atoms with Gasteiger partial charge in [0.1, 0.15) is 0 Å². The summed E-state index contributed by atoms with van der Waals surface area (Å²) in [6.07, 6.45) is 5.30. The van der Waals surface area contributed by atoms with Crippen LogP contribution >= 0.6 is 11.3 Å². The molecule has 1 amide bonds. The summed E-state index contributed by atoms with van der Waals surface area (Å²) in [6, 6.07) is 4.02. The lowest BCUT2D eigenvalue weighted by Gasteiger charge is -2.27. The van der Waals surface area contributed by atoms with Gasteiger partial charge in [-0.15, -0.1) is 11.3 Å². The van der Waals surface area contributed by atoms with E-state index in [-0.39, 0.29) is 12.3 Å². The maximum absolute atomic E-state index is 12.1. The predicted molar refractivity (Wildman–Crippen MR) is 83.3 cm³/mol. The van der Waals surface area contributed by atoms with E-state index in [1.54, 1.807) is 11.3 Å². The second-order valence-electron chi connectivity index (χ2n) is 5.97. The normalized spacial score (nSPS) is 18.0. The van der Waals surface area contributed by atoms with E-state index in [0.717, 1.165) is 30.6 Å². The van der Waals surface area contributed by atoms with Crippen molar-refractivity contribution in [1.82, 2.24) is 5.32 Å². The Labute approximate surface area is 129 Å². The highest BCUT2D eigenvalue weighted by molar-refractivity contribution is 7.11. The van der Waals surface area contributed by atoms with Crippen molar-refractivity contribution in [3.8, 4) is 0 Å². The van der Waals surface area contributed by atoms with Gasteiger partial charge in [0.15, 0.2) is 0 Å². The molecule has 2 N–H and O–H groups in total. The molecule has 2 rings (SSSR count). The van der Waals surface area contributed by atoms with Crippen LogP contribution in [0, 0.1) is 12.3 Å².